The topological polar surface area (TPSA) is 190 Å². The first kappa shape index (κ1) is 30.8. The van der Waals surface area contributed by atoms with Crippen molar-refractivity contribution in [3.05, 3.63) is 46.0 Å². The van der Waals surface area contributed by atoms with Gasteiger partial charge in [0.25, 0.3) is 5.96 Å². The van der Waals surface area contributed by atoms with Gasteiger partial charge in [-0.1, -0.05) is 56.0 Å². The molecule has 0 aromatic heterocycles. The van der Waals surface area contributed by atoms with Crippen molar-refractivity contribution in [3.63, 3.8) is 0 Å². The molecule has 0 aliphatic heterocycles. The lowest BCUT2D eigenvalue weighted by Gasteiger charge is -2.24. The molecule has 36 heavy (non-hydrogen) atoms. The zero-order chi connectivity index (χ0) is 26.9. The number of rotatable bonds is 17. The van der Waals surface area contributed by atoms with Crippen molar-refractivity contribution in [2.24, 2.45) is 5.92 Å². The number of carbonyl (C=O) groups is 2. The molecule has 2 amide bonds. The molecule has 0 bridgehead atoms. The molecule has 200 valence electrons. The van der Waals surface area contributed by atoms with Crippen LogP contribution < -0.4 is 21.4 Å². The summed E-state index contributed by atoms with van der Waals surface area (Å²) in [5.41, 5.74) is 2.92. The number of unbranched alkanes of at least 4 members (excludes halogenated alkanes) is 2. The van der Waals surface area contributed by atoms with Gasteiger partial charge in [-0.25, -0.2) is 10.1 Å². The first-order chi connectivity index (χ1) is 17.1. The van der Waals surface area contributed by atoms with E-state index in [9.17, 15) is 29.8 Å². The Balaban J connectivity index is 2.58. The second-order valence-electron chi connectivity index (χ2n) is 9.14. The van der Waals surface area contributed by atoms with E-state index < -0.39 is 36.0 Å². The van der Waals surface area contributed by atoms with Crippen molar-refractivity contribution in [1.82, 2.24) is 21.4 Å². The van der Waals surface area contributed by atoms with Crippen molar-refractivity contribution < 1.29 is 24.7 Å². The summed E-state index contributed by atoms with van der Waals surface area (Å²) in [6.45, 7) is 3.94. The van der Waals surface area contributed by atoms with Gasteiger partial charge in [-0.05, 0) is 50.0 Å². The highest BCUT2D eigenvalue weighted by molar-refractivity contribution is 6.43. The molecule has 0 aliphatic carbocycles. The third-order valence-corrected chi connectivity index (χ3v) is 5.45. The summed E-state index contributed by atoms with van der Waals surface area (Å²) in [5.74, 6) is -2.09. The van der Waals surface area contributed by atoms with Gasteiger partial charge in [0.15, 0.2) is 5.03 Å². The maximum atomic E-state index is 12.9. The average molecular weight is 506 g/mol. The maximum Gasteiger partial charge on any atom is 0.475 e. The predicted octanol–water partition coefficient (Wildman–Crippen LogP) is 0.903. The lowest BCUT2D eigenvalue weighted by molar-refractivity contribution is -0.525. The van der Waals surface area contributed by atoms with Crippen LogP contribution in [0.2, 0.25) is 0 Å². The van der Waals surface area contributed by atoms with E-state index in [1.165, 1.54) is 5.56 Å². The number of hydrogen-bond acceptors (Lipinski definition) is 7. The second-order valence-corrected chi connectivity index (χ2v) is 9.14. The summed E-state index contributed by atoms with van der Waals surface area (Å²) in [4.78, 5) is 35.8. The molecule has 0 saturated heterocycles. The van der Waals surface area contributed by atoms with Gasteiger partial charge < -0.3 is 26.0 Å². The number of guanidine groups is 1. The van der Waals surface area contributed by atoms with Gasteiger partial charge >= 0.3 is 7.12 Å². The van der Waals surface area contributed by atoms with Crippen LogP contribution in [0.3, 0.4) is 0 Å². The zero-order valence-corrected chi connectivity index (χ0v) is 21.0. The van der Waals surface area contributed by atoms with Crippen molar-refractivity contribution in [2.75, 3.05) is 6.54 Å². The van der Waals surface area contributed by atoms with Crippen LogP contribution in [0.25, 0.3) is 0 Å². The van der Waals surface area contributed by atoms with E-state index in [1.54, 1.807) is 5.43 Å². The Bertz CT molecular complexity index is 827. The van der Waals surface area contributed by atoms with Crippen LogP contribution in [-0.2, 0) is 16.0 Å². The summed E-state index contributed by atoms with van der Waals surface area (Å²) in [5, 5.41) is 44.0. The Morgan fingerprint density at radius 2 is 1.78 bits per heavy atom. The number of carbonyl (C=O) groups excluding carboxylic acids is 2. The average Bonchev–Trinajstić information content (AvgIpc) is 2.80. The van der Waals surface area contributed by atoms with Crippen LogP contribution in [0.5, 0.6) is 0 Å². The largest absolute Gasteiger partial charge is 0.475 e. The van der Waals surface area contributed by atoms with Crippen LogP contribution in [0.15, 0.2) is 30.3 Å². The molecule has 0 heterocycles. The maximum absolute atomic E-state index is 12.9. The number of hydrogen-bond donors (Lipinski definition) is 7. The van der Waals surface area contributed by atoms with Crippen LogP contribution >= 0.6 is 0 Å². The summed E-state index contributed by atoms with van der Waals surface area (Å²) >= 11 is 0. The van der Waals surface area contributed by atoms with Crippen molar-refractivity contribution >= 4 is 24.9 Å². The molecule has 13 heteroatoms. The van der Waals surface area contributed by atoms with E-state index in [0.717, 1.165) is 19.3 Å². The van der Waals surface area contributed by atoms with Crippen molar-refractivity contribution in [2.45, 2.75) is 77.2 Å². The summed E-state index contributed by atoms with van der Waals surface area (Å²) < 4.78 is 0. The fraction of sp³-hybridized carbons (Fsp3) is 0.609. The Hall–Kier alpha value is -3.19. The van der Waals surface area contributed by atoms with Gasteiger partial charge in [0.05, 0.1) is 5.94 Å². The van der Waals surface area contributed by atoms with Gasteiger partial charge in [-0.2, -0.15) is 0 Å². The first-order valence-corrected chi connectivity index (χ1v) is 12.3. The highest BCUT2D eigenvalue weighted by Gasteiger charge is 2.29. The van der Waals surface area contributed by atoms with Crippen molar-refractivity contribution in [3.8, 4) is 0 Å². The van der Waals surface area contributed by atoms with Gasteiger partial charge in [-0.3, -0.25) is 15.0 Å². The highest BCUT2D eigenvalue weighted by Crippen LogP contribution is 2.09. The molecule has 0 fully saturated rings. The zero-order valence-electron chi connectivity index (χ0n) is 21.0. The van der Waals surface area contributed by atoms with Gasteiger partial charge in [-0.15, -0.1) is 0 Å². The van der Waals surface area contributed by atoms with Crippen LogP contribution in [0.1, 0.15) is 64.4 Å². The van der Waals surface area contributed by atoms with Crippen molar-refractivity contribution in [1.29, 1.82) is 5.41 Å². The summed E-state index contributed by atoms with van der Waals surface area (Å²) in [7, 11) is -1.74. The number of nitro groups is 1. The molecule has 0 aliphatic rings. The summed E-state index contributed by atoms with van der Waals surface area (Å²) in [6, 6.07) is 9.16. The molecule has 1 aromatic rings. The fourth-order valence-electron chi connectivity index (χ4n) is 3.67. The number of aryl methyl sites for hydroxylation is 1. The van der Waals surface area contributed by atoms with Crippen LogP contribution in [0.4, 0.5) is 0 Å². The minimum absolute atomic E-state index is 0.102. The minimum Gasteiger partial charge on any atom is -0.426 e. The number of hydrazine groups is 1. The lowest BCUT2D eigenvalue weighted by Crippen LogP contribution is -2.54. The molecular formula is C23H39BN6O6. The molecule has 1 rings (SSSR count). The predicted molar refractivity (Wildman–Crippen MR) is 137 cm³/mol. The number of amides is 2. The van der Waals surface area contributed by atoms with Crippen LogP contribution in [-0.4, -0.2) is 58.5 Å². The van der Waals surface area contributed by atoms with Gasteiger partial charge in [0.2, 0.25) is 11.8 Å². The molecule has 7 N–H and O–H groups in total. The Kier molecular flexibility index (Phi) is 14.8. The Morgan fingerprint density at radius 3 is 2.39 bits per heavy atom. The van der Waals surface area contributed by atoms with E-state index in [-0.39, 0.29) is 31.2 Å². The third-order valence-electron chi connectivity index (χ3n) is 5.45. The van der Waals surface area contributed by atoms with E-state index in [2.05, 4.69) is 28.1 Å². The molecule has 2 atom stereocenters. The number of nitrogens with one attached hydrogen (secondary N) is 5. The smallest absolute Gasteiger partial charge is 0.426 e. The quantitative estimate of drug-likeness (QED) is 0.0405. The Morgan fingerprint density at radius 1 is 1.08 bits per heavy atom. The highest BCUT2D eigenvalue weighted by atomic mass is 16.7. The monoisotopic (exact) mass is 506 g/mol. The normalized spacial score (nSPS) is 12.4. The third kappa shape index (κ3) is 14.3. The first-order valence-electron chi connectivity index (χ1n) is 12.3. The fourth-order valence-corrected chi connectivity index (χ4v) is 3.67. The summed E-state index contributed by atoms with van der Waals surface area (Å²) in [6.07, 6.45) is 4.53. The van der Waals surface area contributed by atoms with Gasteiger partial charge in [0.1, 0.15) is 6.04 Å². The number of nitrogens with zero attached hydrogens (tertiary/aromatic N) is 1. The molecule has 0 spiro atoms. The SMILES string of the molecule is CC(C)C[C@H](NC(=O)[C@H](CCCNC(=N)N[N+](=O)[O-])NC(=O)CCCCCc1ccccc1)B(O)O. The molecule has 0 unspecified atom stereocenters. The van der Waals surface area contributed by atoms with E-state index in [1.807, 2.05) is 32.0 Å². The lowest BCUT2D eigenvalue weighted by atomic mass is 9.75. The molecule has 12 nitrogen and oxygen atoms in total. The van der Waals surface area contributed by atoms with E-state index >= 15 is 0 Å². The minimum atomic E-state index is -1.74. The number of benzene rings is 1. The van der Waals surface area contributed by atoms with E-state index in [0.29, 0.717) is 19.3 Å². The standard InChI is InChI=1S/C23H39BN6O6/c1-17(2)16-20(24(33)34)28-22(32)19(13-9-15-26-23(25)29-30(35)36)27-21(31)14-8-4-7-12-18-10-5-3-6-11-18/h3,5-6,10-11,17,19-20,33-34H,4,7-9,12-16H2,1-2H3,(H,27,31)(H,28,32)(H3,25,26,29)/t19-,20-/m0/s1. The molecule has 0 saturated carbocycles. The van der Waals surface area contributed by atoms with E-state index in [4.69, 9.17) is 5.41 Å². The molecular weight excluding hydrogens is 467 g/mol. The van der Waals surface area contributed by atoms with Gasteiger partial charge in [0, 0.05) is 13.0 Å². The molecule has 0 radical (unpaired) electrons. The molecule has 1 aromatic carbocycles. The second kappa shape index (κ2) is 17.3. The van der Waals surface area contributed by atoms with Crippen LogP contribution in [0, 0.1) is 21.4 Å². The Labute approximate surface area is 212 Å².